The van der Waals surface area contributed by atoms with Gasteiger partial charge in [0.1, 0.15) is 16.9 Å². The van der Waals surface area contributed by atoms with Gasteiger partial charge in [-0.3, -0.25) is 0 Å². The monoisotopic (exact) mass is 305 g/mol. The van der Waals surface area contributed by atoms with Crippen LogP contribution in [0, 0.1) is 0 Å². The zero-order valence-corrected chi connectivity index (χ0v) is 12.8. The van der Waals surface area contributed by atoms with Gasteiger partial charge in [0.2, 0.25) is 0 Å². The summed E-state index contributed by atoms with van der Waals surface area (Å²) in [4.78, 5) is 12.3. The van der Waals surface area contributed by atoms with Crippen LogP contribution < -0.4 is 0 Å². The third-order valence-electron chi connectivity index (χ3n) is 3.73. The highest BCUT2D eigenvalue weighted by Gasteiger charge is 2.10. The minimum atomic E-state index is 1.01. The molecule has 0 saturated carbocycles. The molecule has 0 bridgehead atoms. The van der Waals surface area contributed by atoms with E-state index in [2.05, 4.69) is 57.4 Å². The average Bonchev–Trinajstić information content (AvgIpc) is 2.96. The molecule has 0 saturated heterocycles. The number of hydrogen-bond donors (Lipinski definition) is 1. The molecule has 0 atom stereocenters. The van der Waals surface area contributed by atoms with Gasteiger partial charge in [0.25, 0.3) is 0 Å². The van der Waals surface area contributed by atoms with E-state index in [0.29, 0.717) is 0 Å². The van der Waals surface area contributed by atoms with E-state index < -0.39 is 0 Å². The summed E-state index contributed by atoms with van der Waals surface area (Å²) in [5, 5.41) is 2.18. The van der Waals surface area contributed by atoms with Crippen LogP contribution in [-0.2, 0) is 6.42 Å². The SMILES string of the molecule is c1ccc(CCSc2ncnc3c2[nH]c2ccccc23)cc1. The Morgan fingerprint density at radius 3 is 2.64 bits per heavy atom. The van der Waals surface area contributed by atoms with Crippen LogP contribution in [0.2, 0.25) is 0 Å². The highest BCUT2D eigenvalue weighted by molar-refractivity contribution is 7.99. The third-order valence-corrected chi connectivity index (χ3v) is 4.72. The number of fused-ring (bicyclic) bond motifs is 3. The Hall–Kier alpha value is -2.33. The number of rotatable bonds is 4. The Labute approximate surface area is 132 Å². The number of aryl methyl sites for hydroxylation is 1. The summed E-state index contributed by atoms with van der Waals surface area (Å²) in [6, 6.07) is 18.8. The predicted molar refractivity (Wildman–Crippen MR) is 92.3 cm³/mol. The molecule has 4 heteroatoms. The zero-order valence-electron chi connectivity index (χ0n) is 12.0. The summed E-state index contributed by atoms with van der Waals surface area (Å²) >= 11 is 1.78. The first kappa shape index (κ1) is 13.3. The first-order chi connectivity index (χ1) is 10.9. The molecule has 0 spiro atoms. The van der Waals surface area contributed by atoms with Gasteiger partial charge in [-0.25, -0.2) is 9.97 Å². The van der Waals surface area contributed by atoms with E-state index in [0.717, 1.165) is 39.1 Å². The topological polar surface area (TPSA) is 41.6 Å². The number of nitrogens with zero attached hydrogens (tertiary/aromatic N) is 2. The molecule has 2 heterocycles. The number of aromatic nitrogens is 3. The molecule has 1 N–H and O–H groups in total. The molecule has 2 aromatic heterocycles. The second kappa shape index (κ2) is 5.81. The van der Waals surface area contributed by atoms with Crippen molar-refractivity contribution in [2.45, 2.75) is 11.4 Å². The number of hydrogen-bond acceptors (Lipinski definition) is 3. The van der Waals surface area contributed by atoms with Crippen LogP contribution in [0.25, 0.3) is 21.9 Å². The molecule has 0 radical (unpaired) electrons. The summed E-state index contributed by atoms with van der Waals surface area (Å²) in [6.45, 7) is 0. The molecular weight excluding hydrogens is 290 g/mol. The maximum Gasteiger partial charge on any atom is 0.124 e. The zero-order chi connectivity index (χ0) is 14.8. The van der Waals surface area contributed by atoms with Gasteiger partial charge in [0.05, 0.1) is 5.52 Å². The van der Waals surface area contributed by atoms with E-state index in [9.17, 15) is 0 Å². The quantitative estimate of drug-likeness (QED) is 0.447. The van der Waals surface area contributed by atoms with Gasteiger partial charge in [-0.15, -0.1) is 11.8 Å². The van der Waals surface area contributed by atoms with E-state index in [1.807, 2.05) is 12.1 Å². The molecule has 0 aliphatic rings. The minimum Gasteiger partial charge on any atom is -0.351 e. The second-order valence-corrected chi connectivity index (χ2v) is 6.24. The fraction of sp³-hybridized carbons (Fsp3) is 0.111. The lowest BCUT2D eigenvalue weighted by molar-refractivity contribution is 1.08. The largest absolute Gasteiger partial charge is 0.351 e. The van der Waals surface area contributed by atoms with Crippen molar-refractivity contribution in [3.63, 3.8) is 0 Å². The van der Waals surface area contributed by atoms with Crippen LogP contribution in [0.3, 0.4) is 0 Å². The second-order valence-electron chi connectivity index (χ2n) is 5.16. The van der Waals surface area contributed by atoms with Crippen LogP contribution in [0.1, 0.15) is 5.56 Å². The number of aromatic amines is 1. The van der Waals surface area contributed by atoms with Crippen LogP contribution in [-0.4, -0.2) is 20.7 Å². The molecule has 2 aromatic carbocycles. The highest BCUT2D eigenvalue weighted by Crippen LogP contribution is 2.29. The molecule has 0 unspecified atom stereocenters. The van der Waals surface area contributed by atoms with Gasteiger partial charge in [0, 0.05) is 16.7 Å². The maximum atomic E-state index is 4.45. The van der Waals surface area contributed by atoms with E-state index >= 15 is 0 Å². The van der Waals surface area contributed by atoms with Crippen molar-refractivity contribution in [3.8, 4) is 0 Å². The number of para-hydroxylation sites is 1. The normalized spacial score (nSPS) is 11.3. The molecule has 0 aliphatic heterocycles. The molecule has 4 rings (SSSR count). The summed E-state index contributed by atoms with van der Waals surface area (Å²) in [6.07, 6.45) is 2.70. The standard InChI is InChI=1S/C18H15N3S/c1-2-6-13(7-3-1)10-11-22-18-17-16(19-12-20-18)14-8-4-5-9-15(14)21-17/h1-9,12,21H,10-11H2. The van der Waals surface area contributed by atoms with E-state index in [1.54, 1.807) is 18.1 Å². The van der Waals surface area contributed by atoms with Crippen LogP contribution >= 0.6 is 11.8 Å². The van der Waals surface area contributed by atoms with Gasteiger partial charge < -0.3 is 4.98 Å². The molecular formula is C18H15N3S. The lowest BCUT2D eigenvalue weighted by Crippen LogP contribution is -1.91. The molecule has 3 nitrogen and oxygen atoms in total. The van der Waals surface area contributed by atoms with E-state index in [-0.39, 0.29) is 0 Å². The highest BCUT2D eigenvalue weighted by atomic mass is 32.2. The molecule has 0 fully saturated rings. The maximum absolute atomic E-state index is 4.45. The Morgan fingerprint density at radius 2 is 1.73 bits per heavy atom. The molecule has 0 aliphatic carbocycles. The molecule has 22 heavy (non-hydrogen) atoms. The van der Waals surface area contributed by atoms with Crippen LogP contribution in [0.4, 0.5) is 0 Å². The van der Waals surface area contributed by atoms with Crippen LogP contribution in [0.15, 0.2) is 66.0 Å². The van der Waals surface area contributed by atoms with Gasteiger partial charge in [0.15, 0.2) is 0 Å². The summed E-state index contributed by atoms with van der Waals surface area (Å²) in [7, 11) is 0. The van der Waals surface area contributed by atoms with Gasteiger partial charge in [-0.05, 0) is 18.1 Å². The van der Waals surface area contributed by atoms with Crippen molar-refractivity contribution in [3.05, 3.63) is 66.5 Å². The van der Waals surface area contributed by atoms with Crippen molar-refractivity contribution in [2.24, 2.45) is 0 Å². The molecule has 0 amide bonds. The van der Waals surface area contributed by atoms with Crippen molar-refractivity contribution in [1.29, 1.82) is 0 Å². The fourth-order valence-corrected chi connectivity index (χ4v) is 3.58. The number of benzene rings is 2. The molecule has 4 aromatic rings. The summed E-state index contributed by atoms with van der Waals surface area (Å²) < 4.78 is 0. The third kappa shape index (κ3) is 2.46. The van der Waals surface area contributed by atoms with Gasteiger partial charge in [-0.1, -0.05) is 48.5 Å². The summed E-state index contributed by atoms with van der Waals surface area (Å²) in [5.41, 5.74) is 4.52. The fourth-order valence-electron chi connectivity index (χ4n) is 2.64. The van der Waals surface area contributed by atoms with Gasteiger partial charge >= 0.3 is 0 Å². The molecule has 108 valence electrons. The predicted octanol–water partition coefficient (Wildman–Crippen LogP) is 4.45. The number of thioether (sulfide) groups is 1. The van der Waals surface area contributed by atoms with Crippen molar-refractivity contribution < 1.29 is 0 Å². The Morgan fingerprint density at radius 1 is 0.909 bits per heavy atom. The van der Waals surface area contributed by atoms with E-state index in [1.165, 1.54) is 5.56 Å². The average molecular weight is 305 g/mol. The Bertz CT molecular complexity index is 915. The van der Waals surface area contributed by atoms with Crippen molar-refractivity contribution in [2.75, 3.05) is 5.75 Å². The lowest BCUT2D eigenvalue weighted by atomic mass is 10.2. The minimum absolute atomic E-state index is 1.01. The van der Waals surface area contributed by atoms with Crippen LogP contribution in [0.5, 0.6) is 0 Å². The smallest absolute Gasteiger partial charge is 0.124 e. The van der Waals surface area contributed by atoms with Crippen molar-refractivity contribution in [1.82, 2.24) is 15.0 Å². The first-order valence-corrected chi connectivity index (χ1v) is 8.28. The number of H-pyrrole nitrogens is 1. The Kier molecular flexibility index (Phi) is 3.52. The van der Waals surface area contributed by atoms with E-state index in [4.69, 9.17) is 0 Å². The lowest BCUT2D eigenvalue weighted by Gasteiger charge is -2.02. The first-order valence-electron chi connectivity index (χ1n) is 7.30. The number of nitrogens with one attached hydrogen (secondary N) is 1. The Balaban J connectivity index is 1.61. The summed E-state index contributed by atoms with van der Waals surface area (Å²) in [5.74, 6) is 1.01. The van der Waals surface area contributed by atoms with Crippen molar-refractivity contribution >= 4 is 33.7 Å². The van der Waals surface area contributed by atoms with Gasteiger partial charge in [-0.2, -0.15) is 0 Å².